The Bertz CT molecular complexity index is 375. The molecule has 0 spiro atoms. The molecule has 1 aliphatic carbocycles. The maximum Gasteiger partial charge on any atom is 0.129 e. The first-order chi connectivity index (χ1) is 8.72. The molecule has 1 fully saturated rings. The van der Waals surface area contributed by atoms with Gasteiger partial charge < -0.3 is 0 Å². The van der Waals surface area contributed by atoms with Crippen LogP contribution in [0.5, 0.6) is 0 Å². The molecule has 1 saturated carbocycles. The van der Waals surface area contributed by atoms with E-state index in [0.717, 1.165) is 18.3 Å². The molecule has 0 atom stereocenters. The van der Waals surface area contributed by atoms with Crippen LogP contribution in [0.2, 0.25) is 5.02 Å². The van der Waals surface area contributed by atoms with Crippen molar-refractivity contribution in [3.05, 3.63) is 34.6 Å². The summed E-state index contributed by atoms with van der Waals surface area (Å²) in [5.74, 6) is -0.189. The number of alkyl halides is 1. The number of rotatable bonds is 6. The molecule has 1 aliphatic rings. The Hall–Kier alpha value is -0.120. The second-order valence-electron chi connectivity index (χ2n) is 4.80. The fourth-order valence-electron chi connectivity index (χ4n) is 2.29. The summed E-state index contributed by atoms with van der Waals surface area (Å²) in [5, 5.41) is 1.53. The average Bonchev–Trinajstić information content (AvgIpc) is 2.28. The van der Waals surface area contributed by atoms with Crippen molar-refractivity contribution in [3.63, 3.8) is 0 Å². The third-order valence-electron chi connectivity index (χ3n) is 3.59. The molecular weight excluding hydrogens is 317 g/mol. The van der Waals surface area contributed by atoms with Gasteiger partial charge in [-0.1, -0.05) is 40.0 Å². The van der Waals surface area contributed by atoms with E-state index in [-0.39, 0.29) is 5.82 Å². The Morgan fingerprint density at radius 2 is 2.17 bits per heavy atom. The van der Waals surface area contributed by atoms with Crippen molar-refractivity contribution in [2.45, 2.75) is 38.3 Å². The molecule has 100 valence electrons. The van der Waals surface area contributed by atoms with E-state index in [2.05, 4.69) is 20.8 Å². The Morgan fingerprint density at radius 3 is 2.72 bits per heavy atom. The molecule has 0 aromatic heterocycles. The summed E-state index contributed by atoms with van der Waals surface area (Å²) in [5.41, 5.74) is 0.639. The molecule has 1 nitrogen and oxygen atoms in total. The van der Waals surface area contributed by atoms with Gasteiger partial charge in [0.15, 0.2) is 0 Å². The normalized spacial score (nSPS) is 16.0. The van der Waals surface area contributed by atoms with Gasteiger partial charge in [0.2, 0.25) is 0 Å². The zero-order valence-corrected chi connectivity index (χ0v) is 12.7. The maximum atomic E-state index is 13.8. The van der Waals surface area contributed by atoms with Crippen LogP contribution in [0.3, 0.4) is 0 Å². The van der Waals surface area contributed by atoms with E-state index in [9.17, 15) is 4.39 Å². The summed E-state index contributed by atoms with van der Waals surface area (Å²) in [7, 11) is 0. The third kappa shape index (κ3) is 3.46. The third-order valence-corrected chi connectivity index (χ3v) is 4.51. The molecule has 1 aromatic carbocycles. The van der Waals surface area contributed by atoms with Gasteiger partial charge in [-0.05, 0) is 37.9 Å². The van der Waals surface area contributed by atoms with E-state index < -0.39 is 0 Å². The highest BCUT2D eigenvalue weighted by atomic mass is 79.9. The van der Waals surface area contributed by atoms with E-state index in [1.165, 1.54) is 25.3 Å². The summed E-state index contributed by atoms with van der Waals surface area (Å²) in [6.45, 7) is 1.63. The molecule has 4 heteroatoms. The van der Waals surface area contributed by atoms with Crippen molar-refractivity contribution >= 4 is 27.5 Å². The number of halogens is 3. The minimum atomic E-state index is -0.189. The van der Waals surface area contributed by atoms with Gasteiger partial charge in [-0.3, -0.25) is 4.90 Å². The van der Waals surface area contributed by atoms with Crippen LogP contribution in [0.4, 0.5) is 4.39 Å². The molecule has 0 unspecified atom stereocenters. The van der Waals surface area contributed by atoms with Gasteiger partial charge in [0.1, 0.15) is 5.82 Å². The lowest BCUT2D eigenvalue weighted by Crippen LogP contribution is -2.40. The minimum Gasteiger partial charge on any atom is -0.296 e. The van der Waals surface area contributed by atoms with Crippen molar-refractivity contribution in [1.29, 1.82) is 0 Å². The predicted molar refractivity (Wildman–Crippen MR) is 77.9 cm³/mol. The van der Waals surface area contributed by atoms with Crippen LogP contribution in [0, 0.1) is 5.82 Å². The first-order valence-corrected chi connectivity index (χ1v) is 7.95. The summed E-state index contributed by atoms with van der Waals surface area (Å²) in [4.78, 5) is 2.37. The smallest absolute Gasteiger partial charge is 0.129 e. The number of nitrogens with zero attached hydrogens (tertiary/aromatic N) is 1. The molecule has 0 N–H and O–H groups in total. The fraction of sp³-hybridized carbons (Fsp3) is 0.571. The second-order valence-corrected chi connectivity index (χ2v) is 6.00. The second kappa shape index (κ2) is 6.88. The molecule has 0 saturated heterocycles. The van der Waals surface area contributed by atoms with Crippen molar-refractivity contribution in [3.8, 4) is 0 Å². The first-order valence-electron chi connectivity index (χ1n) is 6.45. The SMILES string of the molecule is Fc1cccc(Cl)c1CN(CCCBr)C1CCC1. The molecular formula is C14H18BrClFN. The lowest BCUT2D eigenvalue weighted by Gasteiger charge is -2.37. The topological polar surface area (TPSA) is 3.24 Å². The van der Waals surface area contributed by atoms with Gasteiger partial charge in [0.05, 0.1) is 0 Å². The average molecular weight is 335 g/mol. The van der Waals surface area contributed by atoms with Crippen molar-refractivity contribution < 1.29 is 4.39 Å². The monoisotopic (exact) mass is 333 g/mol. The molecule has 0 radical (unpaired) electrons. The van der Waals surface area contributed by atoms with Gasteiger partial charge in [-0.2, -0.15) is 0 Å². The summed E-state index contributed by atoms with van der Waals surface area (Å²) in [6.07, 6.45) is 4.84. The summed E-state index contributed by atoms with van der Waals surface area (Å²) < 4.78 is 13.8. The highest BCUT2D eigenvalue weighted by Gasteiger charge is 2.25. The van der Waals surface area contributed by atoms with Gasteiger partial charge >= 0.3 is 0 Å². The highest BCUT2D eigenvalue weighted by molar-refractivity contribution is 9.09. The molecule has 1 aromatic rings. The van der Waals surface area contributed by atoms with E-state index >= 15 is 0 Å². The van der Waals surface area contributed by atoms with Crippen molar-refractivity contribution in [1.82, 2.24) is 4.90 Å². The molecule has 0 aliphatic heterocycles. The highest BCUT2D eigenvalue weighted by Crippen LogP contribution is 2.29. The van der Waals surface area contributed by atoms with Crippen LogP contribution in [0.25, 0.3) is 0 Å². The first kappa shape index (κ1) is 14.3. The van der Waals surface area contributed by atoms with E-state index in [1.807, 2.05) is 0 Å². The van der Waals surface area contributed by atoms with Crippen LogP contribution in [-0.4, -0.2) is 22.8 Å². The molecule has 2 rings (SSSR count). The minimum absolute atomic E-state index is 0.189. The van der Waals surface area contributed by atoms with E-state index in [4.69, 9.17) is 11.6 Å². The molecule has 0 heterocycles. The van der Waals surface area contributed by atoms with Gasteiger partial charge in [0.25, 0.3) is 0 Å². The fourth-order valence-corrected chi connectivity index (χ4v) is 2.77. The van der Waals surface area contributed by atoms with Crippen LogP contribution in [0.1, 0.15) is 31.2 Å². The quantitative estimate of drug-likeness (QED) is 0.686. The Balaban J connectivity index is 2.07. The number of hydrogen-bond acceptors (Lipinski definition) is 1. The molecule has 0 amide bonds. The Labute approximate surface area is 121 Å². The van der Waals surface area contributed by atoms with E-state index in [1.54, 1.807) is 12.1 Å². The standard InChI is InChI=1S/C14H18BrClFN/c15-8-3-9-18(11-4-1-5-11)10-12-13(16)6-2-7-14(12)17/h2,6-7,11H,1,3-5,8-10H2. The molecule has 0 bridgehead atoms. The van der Waals surface area contributed by atoms with Crippen LogP contribution >= 0.6 is 27.5 Å². The van der Waals surface area contributed by atoms with Gasteiger partial charge in [0, 0.05) is 28.5 Å². The van der Waals surface area contributed by atoms with E-state index in [0.29, 0.717) is 23.2 Å². The number of hydrogen-bond donors (Lipinski definition) is 0. The molecule has 18 heavy (non-hydrogen) atoms. The lowest BCUT2D eigenvalue weighted by molar-refractivity contribution is 0.119. The number of benzene rings is 1. The van der Waals surface area contributed by atoms with Crippen molar-refractivity contribution in [2.24, 2.45) is 0 Å². The largest absolute Gasteiger partial charge is 0.296 e. The summed E-state index contributed by atoms with van der Waals surface area (Å²) >= 11 is 9.55. The van der Waals surface area contributed by atoms with Gasteiger partial charge in [-0.25, -0.2) is 4.39 Å². The lowest BCUT2D eigenvalue weighted by atomic mass is 9.91. The van der Waals surface area contributed by atoms with Crippen LogP contribution in [-0.2, 0) is 6.54 Å². The summed E-state index contributed by atoms with van der Waals surface area (Å²) in [6, 6.07) is 5.53. The van der Waals surface area contributed by atoms with Crippen LogP contribution in [0.15, 0.2) is 18.2 Å². The predicted octanol–water partition coefficient (Wildman–Crippen LogP) is 4.62. The van der Waals surface area contributed by atoms with Gasteiger partial charge in [-0.15, -0.1) is 0 Å². The van der Waals surface area contributed by atoms with Crippen molar-refractivity contribution in [2.75, 3.05) is 11.9 Å². The zero-order chi connectivity index (χ0) is 13.0. The zero-order valence-electron chi connectivity index (χ0n) is 10.3. The maximum absolute atomic E-state index is 13.8. The van der Waals surface area contributed by atoms with Crippen LogP contribution < -0.4 is 0 Å². The Kier molecular flexibility index (Phi) is 5.46. The Morgan fingerprint density at radius 1 is 1.39 bits per heavy atom.